The molecule has 146 valence electrons. The number of hydrogen-bond acceptors (Lipinski definition) is 4. The first-order valence-corrected chi connectivity index (χ1v) is 9.08. The van der Waals surface area contributed by atoms with E-state index in [0.717, 1.165) is 0 Å². The molecule has 1 amide bonds. The van der Waals surface area contributed by atoms with Crippen LogP contribution in [0.3, 0.4) is 0 Å². The highest BCUT2D eigenvalue weighted by atomic mass is 32.1. The smallest absolute Gasteiger partial charge is 0.235 e. The Morgan fingerprint density at radius 2 is 2.04 bits per heavy atom. The lowest BCUT2D eigenvalue weighted by molar-refractivity contribution is -0.119. The largest absolute Gasteiger partial charge is 0.504 e. The van der Waals surface area contributed by atoms with Gasteiger partial charge in [-0.15, -0.1) is 0 Å². The summed E-state index contributed by atoms with van der Waals surface area (Å²) in [5.74, 6) is -1.12. The Morgan fingerprint density at radius 3 is 2.71 bits per heavy atom. The Hall–Kier alpha value is -3.13. The number of halogens is 1. The van der Waals surface area contributed by atoms with E-state index < -0.39 is 12.0 Å². The fourth-order valence-corrected chi connectivity index (χ4v) is 3.28. The van der Waals surface area contributed by atoms with Crippen molar-refractivity contribution in [3.05, 3.63) is 66.1 Å². The van der Waals surface area contributed by atoms with Gasteiger partial charge >= 0.3 is 0 Å². The fraction of sp³-hybridized carbons (Fsp3) is 0.200. The Labute approximate surface area is 167 Å². The molecule has 1 heterocycles. The zero-order chi connectivity index (χ0) is 20.3. The lowest BCUT2D eigenvalue weighted by Gasteiger charge is -2.35. The van der Waals surface area contributed by atoms with E-state index in [1.54, 1.807) is 12.1 Å². The van der Waals surface area contributed by atoms with Crippen molar-refractivity contribution >= 4 is 28.9 Å². The number of anilines is 1. The summed E-state index contributed by atoms with van der Waals surface area (Å²) in [5, 5.41) is 19.0. The van der Waals surface area contributed by atoms with Gasteiger partial charge in [0.15, 0.2) is 16.6 Å². The average Bonchev–Trinajstić information content (AvgIpc) is 2.65. The molecule has 0 bridgehead atoms. The third-order valence-electron chi connectivity index (χ3n) is 4.31. The average molecular weight is 401 g/mol. The van der Waals surface area contributed by atoms with Crippen LogP contribution in [0.2, 0.25) is 0 Å². The van der Waals surface area contributed by atoms with Crippen molar-refractivity contribution in [1.82, 2.24) is 10.6 Å². The number of thiocarbonyl (C=S) groups is 1. The van der Waals surface area contributed by atoms with Crippen LogP contribution in [0.15, 0.2) is 54.7 Å². The zero-order valence-electron chi connectivity index (χ0n) is 15.2. The fourth-order valence-electron chi connectivity index (χ4n) is 3.02. The summed E-state index contributed by atoms with van der Waals surface area (Å²) in [6, 6.07) is 9.82. The van der Waals surface area contributed by atoms with E-state index in [-0.39, 0.29) is 17.5 Å². The Bertz CT molecular complexity index is 917. The number of aromatic hydroxyl groups is 1. The highest BCUT2D eigenvalue weighted by Gasteiger charge is 2.37. The minimum Gasteiger partial charge on any atom is -0.504 e. The van der Waals surface area contributed by atoms with Gasteiger partial charge in [-0.1, -0.05) is 12.6 Å². The van der Waals surface area contributed by atoms with Crippen LogP contribution in [0.25, 0.3) is 0 Å². The number of amides is 1. The molecule has 1 aliphatic heterocycles. The number of benzene rings is 2. The molecule has 1 saturated heterocycles. The monoisotopic (exact) mass is 401 g/mol. The van der Waals surface area contributed by atoms with E-state index in [4.69, 9.17) is 17.0 Å². The molecule has 2 aromatic rings. The van der Waals surface area contributed by atoms with Gasteiger partial charge in [-0.3, -0.25) is 4.79 Å². The van der Waals surface area contributed by atoms with Gasteiger partial charge in [0.1, 0.15) is 11.7 Å². The molecule has 0 radical (unpaired) electrons. The number of carbonyl (C=O) groups excluding carboxylic acids is 1. The number of phenolic OH excluding ortho intramolecular Hbond substituents is 1. The van der Waals surface area contributed by atoms with Gasteiger partial charge < -0.3 is 25.8 Å². The molecule has 0 spiro atoms. The van der Waals surface area contributed by atoms with Gasteiger partial charge in [-0.2, -0.15) is 0 Å². The van der Waals surface area contributed by atoms with Crippen LogP contribution in [-0.4, -0.2) is 22.7 Å². The normalized spacial score (nSPS) is 18.8. The number of ether oxygens (including phenoxy) is 1. The maximum atomic E-state index is 13.1. The molecule has 0 unspecified atom stereocenters. The van der Waals surface area contributed by atoms with Crippen LogP contribution in [0, 0.1) is 11.7 Å². The highest BCUT2D eigenvalue weighted by molar-refractivity contribution is 7.80. The Kier molecular flexibility index (Phi) is 5.79. The summed E-state index contributed by atoms with van der Waals surface area (Å²) < 4.78 is 18.5. The van der Waals surface area contributed by atoms with Crippen molar-refractivity contribution in [3.63, 3.8) is 0 Å². The number of phenols is 1. The molecule has 0 aromatic heterocycles. The first kappa shape index (κ1) is 19.6. The summed E-state index contributed by atoms with van der Waals surface area (Å²) >= 11 is 5.22. The van der Waals surface area contributed by atoms with Crippen molar-refractivity contribution in [2.24, 2.45) is 5.92 Å². The Balaban J connectivity index is 1.91. The van der Waals surface area contributed by atoms with Crippen LogP contribution in [-0.2, 0) is 4.79 Å². The van der Waals surface area contributed by atoms with E-state index in [2.05, 4.69) is 22.5 Å². The summed E-state index contributed by atoms with van der Waals surface area (Å²) in [6.45, 7) is 6.13. The third kappa shape index (κ3) is 4.23. The molecule has 8 heteroatoms. The maximum absolute atomic E-state index is 13.1. The van der Waals surface area contributed by atoms with E-state index >= 15 is 0 Å². The second-order valence-corrected chi connectivity index (χ2v) is 6.64. The second-order valence-electron chi connectivity index (χ2n) is 6.24. The number of carbonyl (C=O) groups is 1. The standard InChI is InChI=1S/C20H20FN3O3S/c1-3-27-16-10-12(4-9-15(16)25)18-17(11(2)22-20(28)24-18)19(26)23-14-7-5-13(21)6-8-14/h4-10,17-18,25H,2-3H2,1H3,(H,23,26)(H2,22,24,28)/t17-,18+/m1/s1. The summed E-state index contributed by atoms with van der Waals surface area (Å²) in [4.78, 5) is 13.0. The predicted molar refractivity (Wildman–Crippen MR) is 109 cm³/mol. The van der Waals surface area contributed by atoms with Crippen LogP contribution in [0.1, 0.15) is 18.5 Å². The van der Waals surface area contributed by atoms with Crippen molar-refractivity contribution < 1.29 is 19.0 Å². The van der Waals surface area contributed by atoms with E-state index in [0.29, 0.717) is 34.4 Å². The summed E-state index contributed by atoms with van der Waals surface area (Å²) in [5.41, 5.74) is 1.59. The molecule has 6 nitrogen and oxygen atoms in total. The quantitative estimate of drug-likeness (QED) is 0.576. The van der Waals surface area contributed by atoms with Gasteiger partial charge in [0, 0.05) is 11.4 Å². The lowest BCUT2D eigenvalue weighted by Crippen LogP contribution is -2.51. The molecule has 0 saturated carbocycles. The second kappa shape index (κ2) is 8.26. The third-order valence-corrected chi connectivity index (χ3v) is 4.53. The predicted octanol–water partition coefficient (Wildman–Crippen LogP) is 3.22. The van der Waals surface area contributed by atoms with Crippen LogP contribution >= 0.6 is 12.2 Å². The van der Waals surface area contributed by atoms with Gasteiger partial charge in [-0.25, -0.2) is 4.39 Å². The van der Waals surface area contributed by atoms with Crippen molar-refractivity contribution in [2.45, 2.75) is 13.0 Å². The van der Waals surface area contributed by atoms with E-state index in [9.17, 15) is 14.3 Å². The van der Waals surface area contributed by atoms with E-state index in [1.807, 2.05) is 6.92 Å². The topological polar surface area (TPSA) is 82.6 Å². The first-order chi connectivity index (χ1) is 13.4. The Morgan fingerprint density at radius 1 is 1.32 bits per heavy atom. The molecule has 1 fully saturated rings. The van der Waals surface area contributed by atoms with Crippen molar-refractivity contribution in [2.75, 3.05) is 11.9 Å². The van der Waals surface area contributed by atoms with Gasteiger partial charge in [0.25, 0.3) is 0 Å². The SMILES string of the molecule is C=C1NC(=S)N[C@@H](c2ccc(O)c(OCC)c2)[C@@H]1C(=O)Nc1ccc(F)cc1. The molecule has 2 aromatic carbocycles. The lowest BCUT2D eigenvalue weighted by atomic mass is 9.88. The number of hydrogen-bond donors (Lipinski definition) is 4. The van der Waals surface area contributed by atoms with Gasteiger partial charge in [0.2, 0.25) is 5.91 Å². The van der Waals surface area contributed by atoms with Crippen LogP contribution in [0.4, 0.5) is 10.1 Å². The van der Waals surface area contributed by atoms with Crippen molar-refractivity contribution in [1.29, 1.82) is 0 Å². The minimum atomic E-state index is -0.712. The first-order valence-electron chi connectivity index (χ1n) is 8.67. The number of rotatable bonds is 5. The minimum absolute atomic E-state index is 0.00764. The van der Waals surface area contributed by atoms with Crippen LogP contribution < -0.4 is 20.7 Å². The summed E-state index contributed by atoms with van der Waals surface area (Å²) in [6.07, 6.45) is 0. The molecule has 4 N–H and O–H groups in total. The molecule has 2 atom stereocenters. The number of nitrogens with one attached hydrogen (secondary N) is 3. The molecule has 1 aliphatic rings. The molecule has 0 aliphatic carbocycles. The summed E-state index contributed by atoms with van der Waals surface area (Å²) in [7, 11) is 0. The molecule has 3 rings (SSSR count). The molecular weight excluding hydrogens is 381 g/mol. The maximum Gasteiger partial charge on any atom is 0.235 e. The van der Waals surface area contributed by atoms with Crippen molar-refractivity contribution in [3.8, 4) is 11.5 Å². The molecular formula is C20H20FN3O3S. The molecule has 28 heavy (non-hydrogen) atoms. The van der Waals surface area contributed by atoms with Gasteiger partial charge in [0.05, 0.1) is 12.6 Å². The van der Waals surface area contributed by atoms with Gasteiger partial charge in [-0.05, 0) is 61.1 Å². The van der Waals surface area contributed by atoms with E-state index in [1.165, 1.54) is 30.3 Å². The van der Waals surface area contributed by atoms with Crippen LogP contribution in [0.5, 0.6) is 11.5 Å². The highest BCUT2D eigenvalue weighted by Crippen LogP contribution is 2.35. The zero-order valence-corrected chi connectivity index (χ0v) is 16.0.